The van der Waals surface area contributed by atoms with E-state index in [9.17, 15) is 4.79 Å². The lowest BCUT2D eigenvalue weighted by Crippen LogP contribution is -2.29. The Morgan fingerprint density at radius 2 is 1.97 bits per heavy atom. The highest BCUT2D eigenvalue weighted by atomic mass is 32.1. The fourth-order valence-corrected chi connectivity index (χ4v) is 5.79. The van der Waals surface area contributed by atoms with Gasteiger partial charge in [0.1, 0.15) is 6.61 Å². The monoisotopic (exact) mass is 518 g/mol. The maximum absolute atomic E-state index is 11.9. The molecule has 0 spiro atoms. The standard InChI is InChI=1S/C26H26N6O2S2/c1-16-14-20(17(2)31(16)26-28-12-13-36-26)24-23(21-6-4-5-11-27-21)30-25(35)32(24)19-9-7-18(8-10-19)29-22(33)15-34-3/h4-14,23-24H,15H2,1-3H3,(H,29,33)(H,30,35)/t23-,24+/m0/s1. The van der Waals surface area contributed by atoms with Crippen LogP contribution in [0.3, 0.4) is 0 Å². The largest absolute Gasteiger partial charge is 0.375 e. The molecule has 1 fully saturated rings. The van der Waals surface area contributed by atoms with Crippen molar-refractivity contribution in [3.05, 3.63) is 88.9 Å². The van der Waals surface area contributed by atoms with E-state index in [0.29, 0.717) is 10.8 Å². The van der Waals surface area contributed by atoms with Crippen molar-refractivity contribution in [2.45, 2.75) is 25.9 Å². The summed E-state index contributed by atoms with van der Waals surface area (Å²) in [7, 11) is 1.49. The molecule has 8 nitrogen and oxygen atoms in total. The van der Waals surface area contributed by atoms with Crippen molar-refractivity contribution in [3.63, 3.8) is 0 Å². The summed E-state index contributed by atoms with van der Waals surface area (Å²) in [4.78, 5) is 23.2. The van der Waals surface area contributed by atoms with Gasteiger partial charge in [-0.2, -0.15) is 0 Å². The van der Waals surface area contributed by atoms with E-state index in [1.807, 2.05) is 54.0 Å². The Morgan fingerprint density at radius 3 is 2.64 bits per heavy atom. The number of anilines is 2. The number of methoxy groups -OCH3 is 1. The molecule has 0 saturated carbocycles. The van der Waals surface area contributed by atoms with E-state index in [4.69, 9.17) is 17.0 Å². The fraction of sp³-hybridized carbons (Fsp3) is 0.231. The number of rotatable bonds is 7. The molecule has 1 saturated heterocycles. The molecule has 2 atom stereocenters. The van der Waals surface area contributed by atoms with E-state index in [1.165, 1.54) is 7.11 Å². The number of hydrogen-bond acceptors (Lipinski definition) is 6. The molecule has 0 bridgehead atoms. The third-order valence-corrected chi connectivity index (χ3v) is 7.27. The predicted octanol–water partition coefficient (Wildman–Crippen LogP) is 4.71. The highest BCUT2D eigenvalue weighted by molar-refractivity contribution is 7.80. The van der Waals surface area contributed by atoms with Crippen molar-refractivity contribution in [3.8, 4) is 5.13 Å². The molecule has 4 aromatic rings. The van der Waals surface area contributed by atoms with Crippen molar-refractivity contribution in [2.75, 3.05) is 23.9 Å². The van der Waals surface area contributed by atoms with E-state index in [0.717, 1.165) is 33.5 Å². The second-order valence-corrected chi connectivity index (χ2v) is 9.76. The minimum absolute atomic E-state index is 0.00439. The fourth-order valence-electron chi connectivity index (χ4n) is 4.69. The van der Waals surface area contributed by atoms with Crippen molar-refractivity contribution < 1.29 is 9.53 Å². The number of hydrogen-bond donors (Lipinski definition) is 2. The smallest absolute Gasteiger partial charge is 0.250 e. The van der Waals surface area contributed by atoms with E-state index in [-0.39, 0.29) is 24.6 Å². The molecule has 184 valence electrons. The lowest BCUT2D eigenvalue weighted by atomic mass is 9.96. The topological polar surface area (TPSA) is 84.3 Å². The molecular weight excluding hydrogens is 492 g/mol. The van der Waals surface area contributed by atoms with Crippen LogP contribution in [0.25, 0.3) is 5.13 Å². The molecule has 1 aromatic carbocycles. The normalized spacial score (nSPS) is 17.3. The van der Waals surface area contributed by atoms with Gasteiger partial charge in [-0.3, -0.25) is 14.3 Å². The van der Waals surface area contributed by atoms with Crippen LogP contribution < -0.4 is 15.5 Å². The van der Waals surface area contributed by atoms with Gasteiger partial charge >= 0.3 is 0 Å². The van der Waals surface area contributed by atoms with Crippen molar-refractivity contribution in [1.82, 2.24) is 19.9 Å². The number of aryl methyl sites for hydroxylation is 1. The maximum Gasteiger partial charge on any atom is 0.250 e. The third-order valence-electron chi connectivity index (χ3n) is 6.20. The molecule has 36 heavy (non-hydrogen) atoms. The van der Waals surface area contributed by atoms with Gasteiger partial charge in [-0.15, -0.1) is 11.3 Å². The van der Waals surface area contributed by atoms with Crippen molar-refractivity contribution in [2.24, 2.45) is 0 Å². The van der Waals surface area contributed by atoms with E-state index >= 15 is 0 Å². The molecule has 0 radical (unpaired) electrons. The molecule has 2 N–H and O–H groups in total. The number of ether oxygens (including phenoxy) is 1. The number of amides is 1. The number of carbonyl (C=O) groups is 1. The molecule has 1 aliphatic rings. The molecule has 1 aliphatic heterocycles. The molecule has 10 heteroatoms. The summed E-state index contributed by atoms with van der Waals surface area (Å²) in [6.45, 7) is 4.22. The van der Waals surface area contributed by atoms with Crippen LogP contribution in [0.15, 0.2) is 66.3 Å². The van der Waals surface area contributed by atoms with Gasteiger partial charge in [0, 0.05) is 47.6 Å². The Morgan fingerprint density at radius 1 is 1.17 bits per heavy atom. The van der Waals surface area contributed by atoms with Crippen LogP contribution in [0.5, 0.6) is 0 Å². The number of nitrogens with one attached hydrogen (secondary N) is 2. The summed E-state index contributed by atoms with van der Waals surface area (Å²) in [5.74, 6) is -0.202. The quantitative estimate of drug-likeness (QED) is 0.343. The minimum atomic E-state index is -0.202. The highest BCUT2D eigenvalue weighted by Gasteiger charge is 2.42. The van der Waals surface area contributed by atoms with Crippen LogP contribution in [0.4, 0.5) is 11.4 Å². The van der Waals surface area contributed by atoms with Crippen LogP contribution in [-0.4, -0.2) is 39.3 Å². The highest BCUT2D eigenvalue weighted by Crippen LogP contribution is 2.44. The van der Waals surface area contributed by atoms with Crippen LogP contribution in [0.2, 0.25) is 0 Å². The van der Waals surface area contributed by atoms with Crippen molar-refractivity contribution >= 4 is 45.9 Å². The third kappa shape index (κ3) is 4.50. The number of pyridine rings is 1. The molecule has 1 amide bonds. The van der Waals surface area contributed by atoms with Crippen LogP contribution in [0, 0.1) is 13.8 Å². The Kier molecular flexibility index (Phi) is 6.82. The summed E-state index contributed by atoms with van der Waals surface area (Å²) in [6, 6.07) is 15.5. The van der Waals surface area contributed by atoms with Crippen LogP contribution in [-0.2, 0) is 9.53 Å². The first-order chi connectivity index (χ1) is 17.5. The summed E-state index contributed by atoms with van der Waals surface area (Å²) in [5.41, 5.74) is 5.87. The number of nitrogens with zero attached hydrogens (tertiary/aromatic N) is 4. The van der Waals surface area contributed by atoms with Gasteiger partial charge in [0.2, 0.25) is 5.91 Å². The zero-order valence-electron chi connectivity index (χ0n) is 20.1. The Hall–Kier alpha value is -3.60. The predicted molar refractivity (Wildman–Crippen MR) is 146 cm³/mol. The zero-order chi connectivity index (χ0) is 25.2. The Labute approximate surface area is 219 Å². The average molecular weight is 519 g/mol. The minimum Gasteiger partial charge on any atom is -0.375 e. The number of thiocarbonyl (C=S) groups is 1. The second kappa shape index (κ2) is 10.2. The van der Waals surface area contributed by atoms with E-state index in [1.54, 1.807) is 17.5 Å². The molecule has 0 unspecified atom stereocenters. The second-order valence-electron chi connectivity index (χ2n) is 8.50. The van der Waals surface area contributed by atoms with E-state index in [2.05, 4.69) is 50.0 Å². The summed E-state index contributed by atoms with van der Waals surface area (Å²) >= 11 is 7.47. The van der Waals surface area contributed by atoms with Gasteiger partial charge in [0.25, 0.3) is 0 Å². The first-order valence-corrected chi connectivity index (χ1v) is 12.7. The van der Waals surface area contributed by atoms with Gasteiger partial charge in [0.05, 0.1) is 17.8 Å². The number of aromatic nitrogens is 3. The van der Waals surface area contributed by atoms with Gasteiger partial charge in [0.15, 0.2) is 10.2 Å². The number of carbonyl (C=O) groups excluding carboxylic acids is 1. The molecule has 4 heterocycles. The van der Waals surface area contributed by atoms with Crippen LogP contribution >= 0.6 is 23.6 Å². The Bertz CT molecular complexity index is 1370. The molecular formula is C26H26N6O2S2. The molecule has 5 rings (SSSR count). The number of thiazole rings is 1. The average Bonchev–Trinajstić information content (AvgIpc) is 3.58. The number of benzene rings is 1. The van der Waals surface area contributed by atoms with E-state index < -0.39 is 0 Å². The van der Waals surface area contributed by atoms with Crippen molar-refractivity contribution in [1.29, 1.82) is 0 Å². The van der Waals surface area contributed by atoms with Gasteiger partial charge in [-0.1, -0.05) is 6.07 Å². The maximum atomic E-state index is 11.9. The van der Waals surface area contributed by atoms with Gasteiger partial charge in [-0.05, 0) is 74.1 Å². The molecule has 0 aliphatic carbocycles. The SMILES string of the molecule is COCC(=O)Nc1ccc(N2C(=S)N[C@@H](c3ccccn3)[C@H]2c2cc(C)n(-c3nccs3)c2C)cc1. The summed E-state index contributed by atoms with van der Waals surface area (Å²) < 4.78 is 7.09. The summed E-state index contributed by atoms with van der Waals surface area (Å²) in [6.07, 6.45) is 3.62. The van der Waals surface area contributed by atoms with Gasteiger partial charge in [-0.25, -0.2) is 4.98 Å². The lowest BCUT2D eigenvalue weighted by Gasteiger charge is -2.28. The summed E-state index contributed by atoms with van der Waals surface area (Å²) in [5, 5.41) is 9.87. The Balaban J connectivity index is 1.57. The first-order valence-electron chi connectivity index (χ1n) is 11.5. The zero-order valence-corrected chi connectivity index (χ0v) is 21.8. The van der Waals surface area contributed by atoms with Gasteiger partial charge < -0.3 is 20.3 Å². The molecule has 3 aromatic heterocycles. The first kappa shape index (κ1) is 24.1. The lowest BCUT2D eigenvalue weighted by molar-refractivity contribution is -0.119. The van der Waals surface area contributed by atoms with Crippen LogP contribution in [0.1, 0.15) is 34.7 Å².